The van der Waals surface area contributed by atoms with E-state index in [1.165, 1.54) is 6.07 Å². The third kappa shape index (κ3) is 2.34. The molecule has 0 unspecified atom stereocenters. The predicted molar refractivity (Wildman–Crippen MR) is 66.4 cm³/mol. The van der Waals surface area contributed by atoms with Crippen molar-refractivity contribution >= 4 is 15.9 Å². The summed E-state index contributed by atoms with van der Waals surface area (Å²) < 4.78 is 26.1. The summed E-state index contributed by atoms with van der Waals surface area (Å²) in [5.41, 5.74) is 0.627. The van der Waals surface area contributed by atoms with Crippen LogP contribution in [-0.2, 0) is 14.8 Å². The van der Waals surface area contributed by atoms with Gasteiger partial charge in [0.2, 0.25) is 5.91 Å². The van der Waals surface area contributed by atoms with Crippen LogP contribution in [0.1, 0.15) is 25.0 Å². The smallest absolute Gasteiger partial charge is 0.274 e. The number of hydrogen-bond donors (Lipinski definition) is 1. The van der Waals surface area contributed by atoms with E-state index >= 15 is 0 Å². The number of sulfonamides is 1. The van der Waals surface area contributed by atoms with Crippen molar-refractivity contribution in [3.8, 4) is 0 Å². The second-order valence-corrected chi connectivity index (χ2v) is 6.96. The van der Waals surface area contributed by atoms with Crippen LogP contribution in [0.5, 0.6) is 0 Å². The van der Waals surface area contributed by atoms with E-state index in [4.69, 9.17) is 0 Å². The topological polar surface area (TPSA) is 89.0 Å². The molecule has 0 radical (unpaired) electrons. The number of hydrogen-bond acceptors (Lipinski definition) is 5. The van der Waals surface area contributed by atoms with E-state index in [9.17, 15) is 13.2 Å². The highest BCUT2D eigenvalue weighted by atomic mass is 32.2. The van der Waals surface area contributed by atoms with Gasteiger partial charge in [0.25, 0.3) is 10.0 Å². The lowest BCUT2D eigenvalue weighted by molar-refractivity contribution is -0.123. The maximum Gasteiger partial charge on any atom is 0.283 e. The number of aromatic nitrogens is 2. The number of nitrogens with one attached hydrogen (secondary N) is 1. The van der Waals surface area contributed by atoms with E-state index in [0.717, 1.165) is 19.3 Å². The van der Waals surface area contributed by atoms with Crippen molar-refractivity contribution in [3.63, 3.8) is 0 Å². The normalized spacial score (nSPS) is 28.8. The van der Waals surface area contributed by atoms with Crippen LogP contribution < -0.4 is 4.72 Å². The second kappa shape index (κ2) is 4.26. The molecule has 1 aromatic rings. The molecule has 0 aliphatic heterocycles. The van der Waals surface area contributed by atoms with Gasteiger partial charge in [-0.1, -0.05) is 0 Å². The lowest BCUT2D eigenvalue weighted by Crippen LogP contribution is -2.36. The lowest BCUT2D eigenvalue weighted by Gasteiger charge is -2.12. The number of carbonyl (C=O) groups excluding carboxylic acids is 1. The van der Waals surface area contributed by atoms with Gasteiger partial charge in [0.1, 0.15) is 0 Å². The Kier molecular flexibility index (Phi) is 2.81. The number of rotatable bonds is 3. The van der Waals surface area contributed by atoms with E-state index in [2.05, 4.69) is 14.9 Å². The van der Waals surface area contributed by atoms with Crippen LogP contribution >= 0.6 is 0 Å². The van der Waals surface area contributed by atoms with Crippen molar-refractivity contribution in [3.05, 3.63) is 17.8 Å². The molecule has 0 bridgehead atoms. The van der Waals surface area contributed by atoms with Gasteiger partial charge in [0.05, 0.1) is 5.69 Å². The molecule has 3 atom stereocenters. The van der Waals surface area contributed by atoms with Crippen molar-refractivity contribution < 1.29 is 13.2 Å². The van der Waals surface area contributed by atoms with Gasteiger partial charge in [0.15, 0.2) is 5.03 Å². The fraction of sp³-hybridized carbons (Fsp3) is 0.583. The molecule has 2 fully saturated rings. The molecule has 1 N–H and O–H groups in total. The van der Waals surface area contributed by atoms with Crippen LogP contribution in [0.15, 0.2) is 17.2 Å². The SMILES string of the molecule is Cc1ccc(S(=O)(=O)NC(=O)[C@@H]2CC[C@@H]3C[C@@H]32)nn1. The highest BCUT2D eigenvalue weighted by Crippen LogP contribution is 2.55. The maximum atomic E-state index is 12.0. The Bertz CT molecular complexity index is 612. The van der Waals surface area contributed by atoms with Crippen LogP contribution in [0.4, 0.5) is 0 Å². The zero-order valence-electron chi connectivity index (χ0n) is 10.5. The first-order valence-corrected chi connectivity index (χ1v) is 7.83. The molecule has 7 heteroatoms. The first-order valence-electron chi connectivity index (χ1n) is 6.34. The maximum absolute atomic E-state index is 12.0. The van der Waals surface area contributed by atoms with Gasteiger partial charge < -0.3 is 0 Å². The molecule has 2 aliphatic carbocycles. The molecule has 19 heavy (non-hydrogen) atoms. The average molecular weight is 281 g/mol. The summed E-state index contributed by atoms with van der Waals surface area (Å²) in [7, 11) is -3.89. The summed E-state index contributed by atoms with van der Waals surface area (Å²) in [6.07, 6.45) is 2.88. The summed E-state index contributed by atoms with van der Waals surface area (Å²) in [5.74, 6) is 0.475. The third-order valence-electron chi connectivity index (χ3n) is 3.96. The van der Waals surface area contributed by atoms with Crippen LogP contribution in [0.2, 0.25) is 0 Å². The first-order chi connectivity index (χ1) is 8.97. The number of carbonyl (C=O) groups is 1. The Morgan fingerprint density at radius 1 is 1.32 bits per heavy atom. The number of amides is 1. The Labute approximate surface area is 111 Å². The number of fused-ring (bicyclic) bond motifs is 1. The van der Waals surface area contributed by atoms with Crippen molar-refractivity contribution in [2.75, 3.05) is 0 Å². The van der Waals surface area contributed by atoms with Gasteiger partial charge in [0, 0.05) is 5.92 Å². The summed E-state index contributed by atoms with van der Waals surface area (Å²) in [6.45, 7) is 1.72. The lowest BCUT2D eigenvalue weighted by atomic mass is 10.0. The number of aryl methyl sites for hydroxylation is 1. The van der Waals surface area contributed by atoms with Crippen LogP contribution in [0.3, 0.4) is 0 Å². The molecule has 3 rings (SSSR count). The van der Waals surface area contributed by atoms with Crippen molar-refractivity contribution in [2.45, 2.75) is 31.2 Å². The molecule has 0 spiro atoms. The fourth-order valence-electron chi connectivity index (χ4n) is 2.82. The number of nitrogens with zero attached hydrogens (tertiary/aromatic N) is 2. The third-order valence-corrected chi connectivity index (χ3v) is 5.20. The van der Waals surface area contributed by atoms with Crippen molar-refractivity contribution in [1.82, 2.24) is 14.9 Å². The molecule has 0 aromatic carbocycles. The quantitative estimate of drug-likeness (QED) is 0.878. The van der Waals surface area contributed by atoms with E-state index in [1.54, 1.807) is 13.0 Å². The molecule has 6 nitrogen and oxygen atoms in total. The first kappa shape index (κ1) is 12.5. The molecule has 1 heterocycles. The second-order valence-electron chi connectivity index (χ2n) is 5.33. The van der Waals surface area contributed by atoms with E-state index in [-0.39, 0.29) is 10.9 Å². The molecular formula is C12H15N3O3S. The Morgan fingerprint density at radius 2 is 2.11 bits per heavy atom. The van der Waals surface area contributed by atoms with Gasteiger partial charge in [-0.2, -0.15) is 13.5 Å². The van der Waals surface area contributed by atoms with Gasteiger partial charge >= 0.3 is 0 Å². The molecule has 1 amide bonds. The Hall–Kier alpha value is -1.50. The average Bonchev–Trinajstić information content (AvgIpc) is 3.00. The van der Waals surface area contributed by atoms with Gasteiger partial charge in [-0.15, -0.1) is 5.10 Å². The van der Waals surface area contributed by atoms with Gasteiger partial charge in [-0.25, -0.2) is 4.72 Å². The standard InChI is InChI=1S/C12H15N3O3S/c1-7-2-5-11(14-13-7)19(17,18)15-12(16)9-4-3-8-6-10(8)9/h2,5,8-10H,3-4,6H2,1H3,(H,15,16)/t8-,9-,10+/m1/s1. The van der Waals surface area contributed by atoms with E-state index in [0.29, 0.717) is 17.5 Å². The molecule has 0 saturated heterocycles. The highest BCUT2D eigenvalue weighted by Gasteiger charge is 2.51. The molecule has 2 saturated carbocycles. The summed E-state index contributed by atoms with van der Waals surface area (Å²) in [6, 6.07) is 2.91. The van der Waals surface area contributed by atoms with E-state index < -0.39 is 15.9 Å². The summed E-state index contributed by atoms with van der Waals surface area (Å²) in [5, 5.41) is 7.09. The van der Waals surface area contributed by atoms with Crippen LogP contribution in [0, 0.1) is 24.7 Å². The monoisotopic (exact) mass is 281 g/mol. The molecule has 2 aliphatic rings. The minimum atomic E-state index is -3.89. The Balaban J connectivity index is 1.74. The summed E-state index contributed by atoms with van der Waals surface area (Å²) in [4.78, 5) is 12.0. The predicted octanol–water partition coefficient (Wildman–Crippen LogP) is 0.636. The minimum Gasteiger partial charge on any atom is -0.274 e. The van der Waals surface area contributed by atoms with Crippen LogP contribution in [-0.4, -0.2) is 24.5 Å². The van der Waals surface area contributed by atoms with E-state index in [1.807, 2.05) is 0 Å². The highest BCUT2D eigenvalue weighted by molar-refractivity contribution is 7.90. The fourth-order valence-corrected chi connectivity index (χ4v) is 3.74. The van der Waals surface area contributed by atoms with Gasteiger partial charge in [-0.05, 0) is 50.2 Å². The largest absolute Gasteiger partial charge is 0.283 e. The van der Waals surface area contributed by atoms with Crippen molar-refractivity contribution in [1.29, 1.82) is 0 Å². The zero-order valence-corrected chi connectivity index (χ0v) is 11.4. The molecule has 102 valence electrons. The molecule has 1 aromatic heterocycles. The van der Waals surface area contributed by atoms with Crippen LogP contribution in [0.25, 0.3) is 0 Å². The molecular weight excluding hydrogens is 266 g/mol. The Morgan fingerprint density at radius 3 is 2.63 bits per heavy atom. The van der Waals surface area contributed by atoms with Crippen molar-refractivity contribution in [2.24, 2.45) is 17.8 Å². The zero-order chi connectivity index (χ0) is 13.6. The summed E-state index contributed by atoms with van der Waals surface area (Å²) >= 11 is 0. The minimum absolute atomic E-state index is 0.154. The van der Waals surface area contributed by atoms with Gasteiger partial charge in [-0.3, -0.25) is 4.79 Å².